The van der Waals surface area contributed by atoms with Gasteiger partial charge in [-0.05, 0) is 49.2 Å². The molecule has 0 unspecified atom stereocenters. The molecule has 1 amide bonds. The number of Topliss-reactive ketones (excluding diaryl/α,β-unsaturated/α-hetero) is 1. The summed E-state index contributed by atoms with van der Waals surface area (Å²) in [6, 6.07) is 15.7. The highest BCUT2D eigenvalue weighted by Crippen LogP contribution is 2.44. The van der Waals surface area contributed by atoms with Crippen LogP contribution in [0.25, 0.3) is 16.0 Å². The van der Waals surface area contributed by atoms with E-state index in [9.17, 15) is 14.7 Å². The minimum Gasteiger partial charge on any atom is -0.507 e. The van der Waals surface area contributed by atoms with Gasteiger partial charge in [-0.25, -0.2) is 4.98 Å². The van der Waals surface area contributed by atoms with E-state index in [1.807, 2.05) is 44.2 Å². The largest absolute Gasteiger partial charge is 0.507 e. The summed E-state index contributed by atoms with van der Waals surface area (Å²) in [6.45, 7) is 3.93. The van der Waals surface area contributed by atoms with Crippen molar-refractivity contribution < 1.29 is 14.7 Å². The van der Waals surface area contributed by atoms with Crippen molar-refractivity contribution in [1.29, 1.82) is 0 Å². The summed E-state index contributed by atoms with van der Waals surface area (Å²) in [5.41, 5.74) is 4.05. The number of rotatable bonds is 3. The summed E-state index contributed by atoms with van der Waals surface area (Å²) < 4.78 is 0.925. The number of hydrogen-bond donors (Lipinski definition) is 1. The van der Waals surface area contributed by atoms with E-state index < -0.39 is 17.7 Å². The van der Waals surface area contributed by atoms with Crippen LogP contribution < -0.4 is 4.90 Å². The van der Waals surface area contributed by atoms with Crippen LogP contribution in [0.4, 0.5) is 5.13 Å². The molecule has 1 aliphatic rings. The Hall–Kier alpha value is -3.84. The first-order valence-electron chi connectivity index (χ1n) is 10.1. The quantitative estimate of drug-likeness (QED) is 0.277. The van der Waals surface area contributed by atoms with Gasteiger partial charge in [-0.3, -0.25) is 19.5 Å². The van der Waals surface area contributed by atoms with Crippen molar-refractivity contribution in [1.82, 2.24) is 9.97 Å². The average molecular weight is 442 g/mol. The number of aliphatic hydroxyl groups is 1. The van der Waals surface area contributed by atoms with Crippen molar-refractivity contribution >= 4 is 44.1 Å². The van der Waals surface area contributed by atoms with Crippen LogP contribution in [0, 0.1) is 13.8 Å². The monoisotopic (exact) mass is 441 g/mol. The summed E-state index contributed by atoms with van der Waals surface area (Å²) in [5.74, 6) is -1.65. The third kappa shape index (κ3) is 3.27. The molecule has 6 nitrogen and oxygen atoms in total. The van der Waals surface area contributed by atoms with Gasteiger partial charge in [0.05, 0.1) is 21.8 Å². The molecule has 0 saturated carbocycles. The number of thiazole rings is 1. The van der Waals surface area contributed by atoms with E-state index in [0.29, 0.717) is 16.3 Å². The number of amides is 1. The molecular weight excluding hydrogens is 422 g/mol. The second-order valence-electron chi connectivity index (χ2n) is 7.78. The fourth-order valence-electron chi connectivity index (χ4n) is 3.88. The van der Waals surface area contributed by atoms with Crippen molar-refractivity contribution in [2.45, 2.75) is 19.9 Å². The Morgan fingerprint density at radius 2 is 1.66 bits per heavy atom. The number of nitrogens with zero attached hydrogens (tertiary/aromatic N) is 3. The third-order valence-electron chi connectivity index (χ3n) is 5.53. The van der Waals surface area contributed by atoms with Crippen LogP contribution >= 0.6 is 11.3 Å². The molecule has 0 spiro atoms. The minimum absolute atomic E-state index is 0.0421. The topological polar surface area (TPSA) is 83.4 Å². The van der Waals surface area contributed by atoms with Gasteiger partial charge in [-0.1, -0.05) is 47.2 Å². The van der Waals surface area contributed by atoms with E-state index in [1.54, 1.807) is 36.7 Å². The number of ketones is 1. The van der Waals surface area contributed by atoms with Crippen LogP contribution in [0.15, 0.2) is 72.6 Å². The lowest BCUT2D eigenvalue weighted by molar-refractivity contribution is -0.132. The molecule has 1 fully saturated rings. The first kappa shape index (κ1) is 20.1. The summed E-state index contributed by atoms with van der Waals surface area (Å²) in [7, 11) is 0. The Bertz CT molecular complexity index is 1390. The molecule has 158 valence electrons. The van der Waals surface area contributed by atoms with Gasteiger partial charge in [0.1, 0.15) is 5.76 Å². The van der Waals surface area contributed by atoms with Crippen LogP contribution in [0.2, 0.25) is 0 Å². The Kier molecular flexibility index (Phi) is 4.83. The molecule has 1 saturated heterocycles. The van der Waals surface area contributed by atoms with Crippen molar-refractivity contribution in [3.05, 3.63) is 94.8 Å². The van der Waals surface area contributed by atoms with Gasteiger partial charge in [-0.15, -0.1) is 0 Å². The van der Waals surface area contributed by atoms with Crippen molar-refractivity contribution in [3.63, 3.8) is 0 Å². The number of fused-ring (bicyclic) bond motifs is 1. The van der Waals surface area contributed by atoms with E-state index in [4.69, 9.17) is 0 Å². The maximum atomic E-state index is 13.2. The predicted molar refractivity (Wildman–Crippen MR) is 125 cm³/mol. The smallest absolute Gasteiger partial charge is 0.301 e. The lowest BCUT2D eigenvalue weighted by Gasteiger charge is -2.22. The lowest BCUT2D eigenvalue weighted by atomic mass is 9.96. The number of aliphatic hydroxyl groups excluding tert-OH is 1. The first-order valence-corrected chi connectivity index (χ1v) is 10.9. The van der Waals surface area contributed by atoms with E-state index >= 15 is 0 Å². The second-order valence-corrected chi connectivity index (χ2v) is 8.79. The van der Waals surface area contributed by atoms with Crippen LogP contribution in [-0.2, 0) is 9.59 Å². The van der Waals surface area contributed by atoms with Gasteiger partial charge in [0.15, 0.2) is 5.13 Å². The molecule has 1 aliphatic heterocycles. The Morgan fingerprint density at radius 1 is 0.969 bits per heavy atom. The fourth-order valence-corrected chi connectivity index (χ4v) is 4.97. The van der Waals surface area contributed by atoms with Gasteiger partial charge in [-0.2, -0.15) is 0 Å². The Morgan fingerprint density at radius 3 is 2.38 bits per heavy atom. The third-order valence-corrected chi connectivity index (χ3v) is 6.55. The van der Waals surface area contributed by atoms with E-state index in [1.165, 1.54) is 16.2 Å². The molecule has 2 aromatic heterocycles. The molecule has 0 radical (unpaired) electrons. The Balaban J connectivity index is 1.72. The number of pyridine rings is 1. The van der Waals surface area contributed by atoms with Gasteiger partial charge < -0.3 is 5.11 Å². The lowest BCUT2D eigenvalue weighted by Crippen LogP contribution is -2.29. The number of aryl methyl sites for hydroxylation is 2. The molecule has 4 aromatic rings. The number of anilines is 1. The zero-order chi connectivity index (χ0) is 22.4. The molecule has 5 rings (SSSR count). The van der Waals surface area contributed by atoms with Gasteiger partial charge in [0.25, 0.3) is 5.78 Å². The highest BCUT2D eigenvalue weighted by Gasteiger charge is 2.48. The van der Waals surface area contributed by atoms with Crippen molar-refractivity contribution in [2.24, 2.45) is 0 Å². The van der Waals surface area contributed by atoms with Crippen molar-refractivity contribution in [2.75, 3.05) is 4.90 Å². The predicted octanol–water partition coefficient (Wildman–Crippen LogP) is 4.93. The highest BCUT2D eigenvalue weighted by atomic mass is 32.1. The molecular formula is C25H19N3O3S. The number of carbonyl (C=O) groups excluding carboxylic acids is 2. The fraction of sp³-hybridized carbons (Fsp3) is 0.120. The van der Waals surface area contributed by atoms with Crippen LogP contribution in [0.3, 0.4) is 0 Å². The summed E-state index contributed by atoms with van der Waals surface area (Å²) >= 11 is 1.35. The normalized spacial score (nSPS) is 17.9. The molecule has 1 N–H and O–H groups in total. The molecule has 0 aliphatic carbocycles. The van der Waals surface area contributed by atoms with E-state index in [0.717, 1.165) is 21.3 Å². The zero-order valence-corrected chi connectivity index (χ0v) is 18.3. The summed E-state index contributed by atoms with van der Waals surface area (Å²) in [6.07, 6.45) is 3.20. The molecule has 2 aromatic carbocycles. The average Bonchev–Trinajstić information content (AvgIpc) is 3.32. The SMILES string of the molecule is Cc1ccc(C(O)=C2C(=O)C(=O)N(c3nc4ccc(C)cc4s3)[C@H]2c2ccncc2)cc1. The zero-order valence-electron chi connectivity index (χ0n) is 17.4. The number of benzene rings is 2. The first-order chi connectivity index (χ1) is 15.4. The maximum absolute atomic E-state index is 13.2. The molecule has 7 heteroatoms. The summed E-state index contributed by atoms with van der Waals surface area (Å²) in [5, 5.41) is 11.5. The molecule has 32 heavy (non-hydrogen) atoms. The van der Waals surface area contributed by atoms with E-state index in [2.05, 4.69) is 9.97 Å². The maximum Gasteiger partial charge on any atom is 0.301 e. The summed E-state index contributed by atoms with van der Waals surface area (Å²) in [4.78, 5) is 36.5. The minimum atomic E-state index is -0.805. The van der Waals surface area contributed by atoms with Crippen molar-refractivity contribution in [3.8, 4) is 0 Å². The molecule has 1 atom stereocenters. The number of hydrogen-bond acceptors (Lipinski definition) is 6. The standard InChI is InChI=1S/C25H19N3O3S/c1-14-3-6-17(7-4-14)22(29)20-21(16-9-11-26-12-10-16)28(24(31)23(20)30)25-27-18-8-5-15(2)13-19(18)32-25/h3-13,21,29H,1-2H3/t21-/m0/s1. The number of aromatic nitrogens is 2. The van der Waals surface area contributed by atoms with Gasteiger partial charge in [0.2, 0.25) is 0 Å². The van der Waals surface area contributed by atoms with Crippen LogP contribution in [-0.4, -0.2) is 26.8 Å². The van der Waals surface area contributed by atoms with Crippen LogP contribution in [0.1, 0.15) is 28.3 Å². The molecule has 3 heterocycles. The second kappa shape index (κ2) is 7.69. The van der Waals surface area contributed by atoms with E-state index in [-0.39, 0.29) is 11.3 Å². The molecule has 0 bridgehead atoms. The van der Waals surface area contributed by atoms with Gasteiger partial charge >= 0.3 is 5.91 Å². The highest BCUT2D eigenvalue weighted by molar-refractivity contribution is 7.22. The Labute approximate surface area is 188 Å². The van der Waals surface area contributed by atoms with Gasteiger partial charge in [0, 0.05) is 18.0 Å². The number of carbonyl (C=O) groups is 2. The van der Waals surface area contributed by atoms with Crippen LogP contribution in [0.5, 0.6) is 0 Å².